The van der Waals surface area contributed by atoms with Crippen LogP contribution in [0.15, 0.2) is 22.7 Å². The number of phenols is 1. The molecule has 1 atom stereocenters. The zero-order chi connectivity index (χ0) is 12.5. The van der Waals surface area contributed by atoms with Gasteiger partial charge in [-0.15, -0.1) is 0 Å². The molecule has 0 aromatic heterocycles. The van der Waals surface area contributed by atoms with Crippen molar-refractivity contribution in [3.8, 4) is 5.75 Å². The highest BCUT2D eigenvalue weighted by Gasteiger charge is 2.36. The lowest BCUT2D eigenvalue weighted by atomic mass is 9.79. The number of hydrogen-bond acceptors (Lipinski definition) is 3. The third-order valence-electron chi connectivity index (χ3n) is 2.56. The summed E-state index contributed by atoms with van der Waals surface area (Å²) in [6.45, 7) is 3.20. The normalized spacial score (nSPS) is 13.5. The van der Waals surface area contributed by atoms with Crippen LogP contribution in [0.4, 0.5) is 0 Å². The zero-order valence-corrected chi connectivity index (χ0v) is 10.5. The van der Waals surface area contributed by atoms with E-state index in [-0.39, 0.29) is 5.75 Å². The first-order valence-electron chi connectivity index (χ1n) is 4.66. The average molecular weight is 289 g/mol. The topological polar surface area (TPSA) is 77.8 Å². The number of phenolic OH excluding ortho intramolecular Hbond substituents is 1. The van der Waals surface area contributed by atoms with Gasteiger partial charge in [0, 0.05) is 9.89 Å². The Morgan fingerprint density at radius 2 is 2.00 bits per heavy atom. The van der Waals surface area contributed by atoms with Crippen molar-refractivity contribution in [1.29, 1.82) is 0 Å². The van der Waals surface area contributed by atoms with E-state index in [1.165, 1.54) is 12.1 Å². The summed E-state index contributed by atoms with van der Waals surface area (Å²) in [5.74, 6) is -1.26. The van der Waals surface area contributed by atoms with Gasteiger partial charge in [0.2, 0.25) is 0 Å². The van der Waals surface area contributed by atoms with Crippen LogP contribution in [0, 0.1) is 0 Å². The van der Waals surface area contributed by atoms with Gasteiger partial charge in [0.05, 0.1) is 0 Å². The molecule has 4 nitrogen and oxygen atoms in total. The lowest BCUT2D eigenvalue weighted by Gasteiger charge is -2.29. The van der Waals surface area contributed by atoms with E-state index in [9.17, 15) is 15.0 Å². The van der Waals surface area contributed by atoms with Crippen LogP contribution in [0.2, 0.25) is 0 Å². The van der Waals surface area contributed by atoms with Crippen molar-refractivity contribution in [2.75, 3.05) is 0 Å². The SMILES string of the molecule is CC(C)(c1cc(O)ccc1Br)C(O)C(=O)O. The molecule has 0 heterocycles. The molecular weight excluding hydrogens is 276 g/mol. The molecule has 5 heteroatoms. The zero-order valence-electron chi connectivity index (χ0n) is 8.94. The number of aliphatic hydroxyl groups excluding tert-OH is 1. The van der Waals surface area contributed by atoms with Gasteiger partial charge in [-0.05, 0) is 23.8 Å². The first-order chi connectivity index (χ1) is 7.26. The molecule has 0 bridgehead atoms. The average Bonchev–Trinajstić information content (AvgIpc) is 2.20. The van der Waals surface area contributed by atoms with Gasteiger partial charge in [0.1, 0.15) is 5.75 Å². The van der Waals surface area contributed by atoms with Crippen LogP contribution in [0.5, 0.6) is 5.75 Å². The number of aliphatic carboxylic acids is 1. The van der Waals surface area contributed by atoms with Gasteiger partial charge in [0.25, 0.3) is 0 Å². The summed E-state index contributed by atoms with van der Waals surface area (Å²) >= 11 is 3.27. The van der Waals surface area contributed by atoms with Crippen molar-refractivity contribution in [3.63, 3.8) is 0 Å². The number of carboxylic acid groups (broad SMARTS) is 1. The Kier molecular flexibility index (Phi) is 3.60. The van der Waals surface area contributed by atoms with E-state index in [2.05, 4.69) is 15.9 Å². The van der Waals surface area contributed by atoms with Crippen molar-refractivity contribution in [2.24, 2.45) is 0 Å². The van der Waals surface area contributed by atoms with E-state index < -0.39 is 17.5 Å². The van der Waals surface area contributed by atoms with Crippen molar-refractivity contribution in [3.05, 3.63) is 28.2 Å². The molecule has 0 aliphatic rings. The Balaban J connectivity index is 3.25. The summed E-state index contributed by atoms with van der Waals surface area (Å²) in [4.78, 5) is 10.8. The summed E-state index contributed by atoms with van der Waals surface area (Å²) in [5, 5.41) is 27.8. The number of benzene rings is 1. The van der Waals surface area contributed by atoms with Crippen molar-refractivity contribution in [2.45, 2.75) is 25.4 Å². The summed E-state index contributed by atoms with van der Waals surface area (Å²) < 4.78 is 0.649. The van der Waals surface area contributed by atoms with Crippen LogP contribution in [0.25, 0.3) is 0 Å². The molecule has 3 N–H and O–H groups in total. The maximum Gasteiger partial charge on any atom is 0.333 e. The molecule has 88 valence electrons. The van der Waals surface area contributed by atoms with E-state index in [4.69, 9.17) is 5.11 Å². The highest BCUT2D eigenvalue weighted by atomic mass is 79.9. The second kappa shape index (κ2) is 4.43. The molecule has 0 fully saturated rings. The summed E-state index contributed by atoms with van der Waals surface area (Å²) in [6, 6.07) is 4.54. The number of aliphatic hydroxyl groups is 1. The monoisotopic (exact) mass is 288 g/mol. The van der Waals surface area contributed by atoms with E-state index in [1.54, 1.807) is 19.9 Å². The van der Waals surface area contributed by atoms with Crippen molar-refractivity contribution >= 4 is 21.9 Å². The van der Waals surface area contributed by atoms with Crippen LogP contribution in [-0.2, 0) is 10.2 Å². The lowest BCUT2D eigenvalue weighted by molar-refractivity contribution is -0.150. The van der Waals surface area contributed by atoms with E-state index in [0.29, 0.717) is 10.0 Å². The predicted octanol–water partition coefficient (Wildman–Crippen LogP) is 1.88. The summed E-state index contributed by atoms with van der Waals surface area (Å²) in [6.07, 6.45) is -1.54. The Labute approximate surface area is 102 Å². The fourth-order valence-corrected chi connectivity index (χ4v) is 2.22. The van der Waals surface area contributed by atoms with Crippen LogP contribution >= 0.6 is 15.9 Å². The van der Waals surface area contributed by atoms with E-state index >= 15 is 0 Å². The highest BCUT2D eigenvalue weighted by Crippen LogP contribution is 2.35. The van der Waals surface area contributed by atoms with Gasteiger partial charge in [-0.25, -0.2) is 4.79 Å². The van der Waals surface area contributed by atoms with E-state index in [0.717, 1.165) is 0 Å². The standard InChI is InChI=1S/C11H13BrO4/c1-11(2,9(14)10(15)16)7-5-6(13)3-4-8(7)12/h3-5,9,13-14H,1-2H3,(H,15,16). The number of carbonyl (C=O) groups is 1. The number of aromatic hydroxyl groups is 1. The van der Waals surface area contributed by atoms with Gasteiger partial charge in [-0.2, -0.15) is 0 Å². The molecule has 16 heavy (non-hydrogen) atoms. The molecular formula is C11H13BrO4. The summed E-state index contributed by atoms with van der Waals surface area (Å²) in [7, 11) is 0. The molecule has 0 spiro atoms. The minimum atomic E-state index is -1.54. The first-order valence-corrected chi connectivity index (χ1v) is 5.46. The van der Waals surface area contributed by atoms with Crippen LogP contribution < -0.4 is 0 Å². The van der Waals surface area contributed by atoms with Gasteiger partial charge < -0.3 is 15.3 Å². The van der Waals surface area contributed by atoms with Crippen molar-refractivity contribution in [1.82, 2.24) is 0 Å². The molecule has 0 saturated heterocycles. The molecule has 0 aliphatic heterocycles. The van der Waals surface area contributed by atoms with Crippen LogP contribution in [0.3, 0.4) is 0 Å². The fraction of sp³-hybridized carbons (Fsp3) is 0.364. The molecule has 0 saturated carbocycles. The highest BCUT2D eigenvalue weighted by molar-refractivity contribution is 9.10. The Morgan fingerprint density at radius 1 is 1.44 bits per heavy atom. The molecule has 0 aliphatic carbocycles. The van der Waals surface area contributed by atoms with Crippen molar-refractivity contribution < 1.29 is 20.1 Å². The molecule has 1 aromatic carbocycles. The van der Waals surface area contributed by atoms with Gasteiger partial charge >= 0.3 is 5.97 Å². The van der Waals surface area contributed by atoms with E-state index in [1.807, 2.05) is 0 Å². The second-order valence-corrected chi connectivity index (χ2v) is 4.98. The molecule has 1 unspecified atom stereocenters. The number of halogens is 1. The van der Waals surface area contributed by atoms with Gasteiger partial charge in [-0.1, -0.05) is 29.8 Å². The molecule has 1 aromatic rings. The Morgan fingerprint density at radius 3 is 2.50 bits per heavy atom. The Hall–Kier alpha value is -1.07. The first kappa shape index (κ1) is 13.0. The minimum Gasteiger partial charge on any atom is -0.508 e. The summed E-state index contributed by atoms with van der Waals surface area (Å²) in [5.41, 5.74) is -0.453. The molecule has 1 rings (SSSR count). The number of carboxylic acids is 1. The minimum absolute atomic E-state index is 0.0314. The third-order valence-corrected chi connectivity index (χ3v) is 3.25. The number of rotatable bonds is 3. The lowest BCUT2D eigenvalue weighted by Crippen LogP contribution is -2.40. The second-order valence-electron chi connectivity index (χ2n) is 4.13. The smallest absolute Gasteiger partial charge is 0.333 e. The molecule has 0 amide bonds. The maximum absolute atomic E-state index is 10.8. The quantitative estimate of drug-likeness (QED) is 0.794. The number of hydrogen-bond donors (Lipinski definition) is 3. The van der Waals surface area contributed by atoms with Gasteiger partial charge in [-0.3, -0.25) is 0 Å². The largest absolute Gasteiger partial charge is 0.508 e. The third kappa shape index (κ3) is 2.36. The predicted molar refractivity (Wildman–Crippen MR) is 62.5 cm³/mol. The van der Waals surface area contributed by atoms with Gasteiger partial charge in [0.15, 0.2) is 6.10 Å². The molecule has 0 radical (unpaired) electrons. The van der Waals surface area contributed by atoms with Crippen LogP contribution in [-0.4, -0.2) is 27.4 Å². The Bertz CT molecular complexity index is 414. The van der Waals surface area contributed by atoms with Crippen LogP contribution in [0.1, 0.15) is 19.4 Å². The fourth-order valence-electron chi connectivity index (χ4n) is 1.46. The maximum atomic E-state index is 10.8.